The van der Waals surface area contributed by atoms with Crippen molar-refractivity contribution in [2.45, 2.75) is 25.8 Å². The molecular weight excluding hydrogens is 331 g/mol. The standard InChI is InChI=1S/C21H23FN2O2/c22-19-9-5-4-8-18(19)15-23-21(26)17-10-12-24(13-11-17)20(25)14-16-6-2-1-3-7-16/h1-9,17H,10-15H2,(H,23,26). The van der Waals surface area contributed by atoms with E-state index in [1.54, 1.807) is 18.2 Å². The van der Waals surface area contributed by atoms with E-state index in [0.717, 1.165) is 5.56 Å². The van der Waals surface area contributed by atoms with Crippen LogP contribution in [0.15, 0.2) is 54.6 Å². The second-order valence-corrected chi connectivity index (χ2v) is 6.63. The summed E-state index contributed by atoms with van der Waals surface area (Å²) in [5.74, 6) is -0.401. The molecule has 2 amide bonds. The van der Waals surface area contributed by atoms with E-state index in [-0.39, 0.29) is 30.1 Å². The molecule has 0 bridgehead atoms. The number of likely N-dealkylation sites (tertiary alicyclic amines) is 1. The van der Waals surface area contributed by atoms with E-state index < -0.39 is 0 Å². The van der Waals surface area contributed by atoms with Gasteiger partial charge in [0.15, 0.2) is 0 Å². The van der Waals surface area contributed by atoms with Crippen molar-refractivity contribution in [3.05, 3.63) is 71.5 Å². The number of hydrogen-bond acceptors (Lipinski definition) is 2. The van der Waals surface area contributed by atoms with Gasteiger partial charge in [-0.2, -0.15) is 0 Å². The number of halogens is 1. The van der Waals surface area contributed by atoms with E-state index in [1.807, 2.05) is 35.2 Å². The van der Waals surface area contributed by atoms with Gasteiger partial charge in [0.25, 0.3) is 0 Å². The van der Waals surface area contributed by atoms with Gasteiger partial charge in [-0.3, -0.25) is 9.59 Å². The molecule has 4 nitrogen and oxygen atoms in total. The van der Waals surface area contributed by atoms with Crippen molar-refractivity contribution >= 4 is 11.8 Å². The van der Waals surface area contributed by atoms with Gasteiger partial charge in [-0.1, -0.05) is 48.5 Å². The molecule has 0 spiro atoms. The highest BCUT2D eigenvalue weighted by Crippen LogP contribution is 2.19. The molecule has 3 rings (SSSR count). The highest BCUT2D eigenvalue weighted by Gasteiger charge is 2.27. The molecule has 0 aliphatic carbocycles. The van der Waals surface area contributed by atoms with Gasteiger partial charge < -0.3 is 10.2 Å². The SMILES string of the molecule is O=C(NCc1ccccc1F)C1CCN(C(=O)Cc2ccccc2)CC1. The molecule has 0 atom stereocenters. The lowest BCUT2D eigenvalue weighted by Crippen LogP contribution is -2.43. The normalized spacial score (nSPS) is 14.9. The highest BCUT2D eigenvalue weighted by atomic mass is 19.1. The number of amides is 2. The van der Waals surface area contributed by atoms with Gasteiger partial charge in [-0.05, 0) is 24.5 Å². The average Bonchev–Trinajstić information content (AvgIpc) is 2.68. The van der Waals surface area contributed by atoms with Crippen molar-refractivity contribution in [3.8, 4) is 0 Å². The van der Waals surface area contributed by atoms with Crippen molar-refractivity contribution in [2.75, 3.05) is 13.1 Å². The predicted molar refractivity (Wildman–Crippen MR) is 97.7 cm³/mol. The first kappa shape index (κ1) is 18.1. The summed E-state index contributed by atoms with van der Waals surface area (Å²) in [5.41, 5.74) is 1.48. The predicted octanol–water partition coefficient (Wildman–Crippen LogP) is 2.92. The van der Waals surface area contributed by atoms with Crippen molar-refractivity contribution in [2.24, 2.45) is 5.92 Å². The zero-order chi connectivity index (χ0) is 18.4. The Balaban J connectivity index is 1.45. The zero-order valence-corrected chi connectivity index (χ0v) is 14.7. The molecule has 0 aromatic heterocycles. The first-order chi connectivity index (χ1) is 12.6. The summed E-state index contributed by atoms with van der Waals surface area (Å²) in [5, 5.41) is 2.81. The molecule has 0 saturated carbocycles. The van der Waals surface area contributed by atoms with Crippen molar-refractivity contribution in [1.29, 1.82) is 0 Å². The van der Waals surface area contributed by atoms with Crippen LogP contribution in [0.1, 0.15) is 24.0 Å². The lowest BCUT2D eigenvalue weighted by molar-refractivity contribution is -0.135. The van der Waals surface area contributed by atoms with Crippen LogP contribution < -0.4 is 5.32 Å². The Kier molecular flexibility index (Phi) is 6.00. The number of nitrogens with zero attached hydrogens (tertiary/aromatic N) is 1. The molecule has 26 heavy (non-hydrogen) atoms. The molecule has 1 N–H and O–H groups in total. The van der Waals surface area contributed by atoms with E-state index in [2.05, 4.69) is 5.32 Å². The van der Waals surface area contributed by atoms with Crippen LogP contribution in [-0.2, 0) is 22.6 Å². The smallest absolute Gasteiger partial charge is 0.226 e. The quantitative estimate of drug-likeness (QED) is 0.898. The van der Waals surface area contributed by atoms with Crippen LogP contribution in [0.4, 0.5) is 4.39 Å². The van der Waals surface area contributed by atoms with Gasteiger partial charge in [0.2, 0.25) is 11.8 Å². The van der Waals surface area contributed by atoms with Gasteiger partial charge in [0, 0.05) is 31.1 Å². The summed E-state index contributed by atoms with van der Waals surface area (Å²) in [6.45, 7) is 1.37. The highest BCUT2D eigenvalue weighted by molar-refractivity contribution is 5.81. The molecule has 2 aromatic rings. The summed E-state index contributed by atoms with van der Waals surface area (Å²) < 4.78 is 13.6. The Labute approximate surface area is 153 Å². The molecule has 2 aromatic carbocycles. The van der Waals surface area contributed by atoms with E-state index in [9.17, 15) is 14.0 Å². The molecule has 5 heteroatoms. The first-order valence-corrected chi connectivity index (χ1v) is 8.96. The average molecular weight is 354 g/mol. The molecule has 1 fully saturated rings. The molecule has 1 aliphatic heterocycles. The van der Waals surface area contributed by atoms with Crippen LogP contribution in [-0.4, -0.2) is 29.8 Å². The van der Waals surface area contributed by atoms with E-state index in [4.69, 9.17) is 0 Å². The fourth-order valence-corrected chi connectivity index (χ4v) is 3.24. The molecule has 0 unspecified atom stereocenters. The third-order valence-corrected chi connectivity index (χ3v) is 4.83. The summed E-state index contributed by atoms with van der Waals surface area (Å²) in [4.78, 5) is 26.5. The second kappa shape index (κ2) is 8.61. The minimum atomic E-state index is -0.311. The third kappa shape index (κ3) is 4.69. The number of carbonyl (C=O) groups is 2. The Hall–Kier alpha value is -2.69. The Morgan fingerprint density at radius 3 is 2.35 bits per heavy atom. The molecule has 1 heterocycles. The van der Waals surface area contributed by atoms with Gasteiger partial charge in [-0.25, -0.2) is 4.39 Å². The fourth-order valence-electron chi connectivity index (χ4n) is 3.24. The fraction of sp³-hybridized carbons (Fsp3) is 0.333. The molecule has 0 radical (unpaired) electrons. The van der Waals surface area contributed by atoms with Crippen LogP contribution in [0.5, 0.6) is 0 Å². The minimum absolute atomic E-state index is 0.0663. The number of carbonyl (C=O) groups excluding carboxylic acids is 2. The lowest BCUT2D eigenvalue weighted by Gasteiger charge is -2.31. The maximum absolute atomic E-state index is 13.6. The zero-order valence-electron chi connectivity index (χ0n) is 14.7. The van der Waals surface area contributed by atoms with E-state index in [0.29, 0.717) is 37.9 Å². The van der Waals surface area contributed by atoms with Gasteiger partial charge in [0.05, 0.1) is 6.42 Å². The van der Waals surface area contributed by atoms with E-state index in [1.165, 1.54) is 6.07 Å². The number of nitrogens with one attached hydrogen (secondary N) is 1. The van der Waals surface area contributed by atoms with Crippen LogP contribution in [0, 0.1) is 11.7 Å². The summed E-state index contributed by atoms with van der Waals surface area (Å²) in [6.07, 6.45) is 1.68. The summed E-state index contributed by atoms with van der Waals surface area (Å²) in [6, 6.07) is 16.1. The molecule has 136 valence electrons. The van der Waals surface area contributed by atoms with Crippen LogP contribution >= 0.6 is 0 Å². The second-order valence-electron chi connectivity index (χ2n) is 6.63. The van der Waals surface area contributed by atoms with Gasteiger partial charge >= 0.3 is 0 Å². The third-order valence-electron chi connectivity index (χ3n) is 4.83. The van der Waals surface area contributed by atoms with Crippen molar-refractivity contribution in [1.82, 2.24) is 10.2 Å². The topological polar surface area (TPSA) is 49.4 Å². The molecule has 1 saturated heterocycles. The van der Waals surface area contributed by atoms with E-state index >= 15 is 0 Å². The number of piperidine rings is 1. The van der Waals surface area contributed by atoms with Crippen LogP contribution in [0.25, 0.3) is 0 Å². The first-order valence-electron chi connectivity index (χ1n) is 8.96. The molecule has 1 aliphatic rings. The van der Waals surface area contributed by atoms with Gasteiger partial charge in [0.1, 0.15) is 5.82 Å². The number of hydrogen-bond donors (Lipinski definition) is 1. The van der Waals surface area contributed by atoms with Crippen LogP contribution in [0.2, 0.25) is 0 Å². The monoisotopic (exact) mass is 354 g/mol. The lowest BCUT2D eigenvalue weighted by atomic mass is 9.95. The number of rotatable bonds is 5. The Morgan fingerprint density at radius 1 is 1.00 bits per heavy atom. The largest absolute Gasteiger partial charge is 0.352 e. The minimum Gasteiger partial charge on any atom is -0.352 e. The van der Waals surface area contributed by atoms with Crippen LogP contribution in [0.3, 0.4) is 0 Å². The maximum Gasteiger partial charge on any atom is 0.226 e. The van der Waals surface area contributed by atoms with Crippen molar-refractivity contribution < 1.29 is 14.0 Å². The van der Waals surface area contributed by atoms with Crippen molar-refractivity contribution in [3.63, 3.8) is 0 Å². The Bertz CT molecular complexity index is 756. The summed E-state index contributed by atoms with van der Waals surface area (Å²) >= 11 is 0. The Morgan fingerprint density at radius 2 is 1.65 bits per heavy atom. The van der Waals surface area contributed by atoms with Gasteiger partial charge in [-0.15, -0.1) is 0 Å². The maximum atomic E-state index is 13.6. The molecular formula is C21H23FN2O2. The summed E-state index contributed by atoms with van der Waals surface area (Å²) in [7, 11) is 0. The number of benzene rings is 2.